The molecule has 2 fully saturated rings. The zero-order valence-corrected chi connectivity index (χ0v) is 13.4. The van der Waals surface area contributed by atoms with Crippen molar-refractivity contribution in [1.29, 1.82) is 0 Å². The molecular weight excluding hydrogens is 295 g/mol. The highest BCUT2D eigenvalue weighted by molar-refractivity contribution is 6.31. The molecule has 0 aromatic heterocycles. The molecule has 112 valence electrons. The van der Waals surface area contributed by atoms with Crippen LogP contribution in [-0.2, 0) is 6.54 Å². The number of halogens is 2. The summed E-state index contributed by atoms with van der Waals surface area (Å²) >= 11 is 6.32. The van der Waals surface area contributed by atoms with Crippen molar-refractivity contribution in [3.63, 3.8) is 0 Å². The van der Waals surface area contributed by atoms with Gasteiger partial charge in [-0.1, -0.05) is 17.7 Å². The monoisotopic (exact) mass is 316 g/mol. The number of hydrogen-bond donors (Lipinski definition) is 1. The summed E-state index contributed by atoms with van der Waals surface area (Å²) < 4.78 is 5.43. The van der Waals surface area contributed by atoms with E-state index in [-0.39, 0.29) is 12.4 Å². The molecule has 1 atom stereocenters. The zero-order valence-electron chi connectivity index (χ0n) is 11.8. The molecule has 2 aliphatic heterocycles. The van der Waals surface area contributed by atoms with Gasteiger partial charge in [0.2, 0.25) is 0 Å². The molecule has 0 saturated carbocycles. The lowest BCUT2D eigenvalue weighted by Crippen LogP contribution is -2.29. The molecule has 0 amide bonds. The van der Waals surface area contributed by atoms with Gasteiger partial charge in [-0.25, -0.2) is 0 Å². The number of ether oxygens (including phenoxy) is 1. The van der Waals surface area contributed by atoms with Gasteiger partial charge in [-0.05, 0) is 43.5 Å². The maximum Gasteiger partial charge on any atom is 0.124 e. The summed E-state index contributed by atoms with van der Waals surface area (Å²) in [6.45, 7) is 5.57. The molecule has 1 spiro atoms. The van der Waals surface area contributed by atoms with Gasteiger partial charge in [0.15, 0.2) is 0 Å². The predicted octanol–water partition coefficient (Wildman–Crippen LogP) is 2.96. The van der Waals surface area contributed by atoms with Crippen LogP contribution in [0.2, 0.25) is 5.02 Å². The topological polar surface area (TPSA) is 24.5 Å². The maximum atomic E-state index is 6.32. The normalized spacial score (nSPS) is 25.9. The molecule has 2 heterocycles. The van der Waals surface area contributed by atoms with Crippen LogP contribution in [0.25, 0.3) is 0 Å². The molecule has 1 aromatic carbocycles. The molecular formula is C15H22Cl2N2O. The third kappa shape index (κ3) is 3.06. The minimum absolute atomic E-state index is 0. The van der Waals surface area contributed by atoms with Crippen LogP contribution in [0.15, 0.2) is 18.2 Å². The Morgan fingerprint density at radius 1 is 1.40 bits per heavy atom. The van der Waals surface area contributed by atoms with Crippen molar-refractivity contribution in [3.8, 4) is 5.75 Å². The molecule has 3 rings (SSSR count). The first kappa shape index (κ1) is 15.9. The molecule has 1 aromatic rings. The first-order valence-corrected chi connectivity index (χ1v) is 7.35. The van der Waals surface area contributed by atoms with Gasteiger partial charge in [-0.15, -0.1) is 12.4 Å². The van der Waals surface area contributed by atoms with Crippen LogP contribution < -0.4 is 10.1 Å². The van der Waals surface area contributed by atoms with E-state index in [0.717, 1.165) is 29.4 Å². The van der Waals surface area contributed by atoms with Crippen molar-refractivity contribution in [1.82, 2.24) is 10.2 Å². The maximum absolute atomic E-state index is 6.32. The van der Waals surface area contributed by atoms with E-state index in [1.165, 1.54) is 32.5 Å². The Morgan fingerprint density at radius 3 is 2.95 bits per heavy atom. The summed E-state index contributed by atoms with van der Waals surface area (Å²) in [6, 6.07) is 5.88. The van der Waals surface area contributed by atoms with Gasteiger partial charge in [0, 0.05) is 30.2 Å². The number of nitrogens with one attached hydrogen (secondary N) is 1. The van der Waals surface area contributed by atoms with Crippen molar-refractivity contribution < 1.29 is 4.74 Å². The van der Waals surface area contributed by atoms with Crippen molar-refractivity contribution in [3.05, 3.63) is 28.8 Å². The van der Waals surface area contributed by atoms with E-state index < -0.39 is 0 Å². The van der Waals surface area contributed by atoms with E-state index in [0.29, 0.717) is 5.41 Å². The molecule has 0 bridgehead atoms. The Hall–Kier alpha value is -0.480. The third-order valence-electron chi connectivity index (χ3n) is 4.53. The van der Waals surface area contributed by atoms with Crippen LogP contribution in [0, 0.1) is 5.41 Å². The minimum atomic E-state index is 0. The average Bonchev–Trinajstić information content (AvgIpc) is 3.03. The van der Waals surface area contributed by atoms with E-state index in [2.05, 4.69) is 10.2 Å². The number of benzene rings is 1. The van der Waals surface area contributed by atoms with E-state index in [1.54, 1.807) is 7.11 Å². The van der Waals surface area contributed by atoms with Crippen molar-refractivity contribution in [2.45, 2.75) is 19.4 Å². The summed E-state index contributed by atoms with van der Waals surface area (Å²) in [4.78, 5) is 2.51. The van der Waals surface area contributed by atoms with Gasteiger partial charge < -0.3 is 10.1 Å². The summed E-state index contributed by atoms with van der Waals surface area (Å²) in [7, 11) is 1.71. The van der Waals surface area contributed by atoms with Gasteiger partial charge >= 0.3 is 0 Å². The number of hydrogen-bond acceptors (Lipinski definition) is 3. The zero-order chi connectivity index (χ0) is 13.3. The quantitative estimate of drug-likeness (QED) is 0.928. The second kappa shape index (κ2) is 6.52. The van der Waals surface area contributed by atoms with E-state index in [9.17, 15) is 0 Å². The van der Waals surface area contributed by atoms with Crippen molar-refractivity contribution in [2.75, 3.05) is 33.3 Å². The molecule has 20 heavy (non-hydrogen) atoms. The molecule has 2 aliphatic rings. The second-order valence-corrected chi connectivity index (χ2v) is 6.22. The lowest BCUT2D eigenvalue weighted by atomic mass is 9.86. The summed E-state index contributed by atoms with van der Waals surface area (Å²) in [5.41, 5.74) is 1.63. The molecule has 2 saturated heterocycles. The highest BCUT2D eigenvalue weighted by Gasteiger charge is 2.40. The Labute approximate surface area is 132 Å². The lowest BCUT2D eigenvalue weighted by Gasteiger charge is -2.23. The first-order valence-electron chi connectivity index (χ1n) is 6.97. The molecule has 3 nitrogen and oxygen atoms in total. The number of methoxy groups -OCH3 is 1. The smallest absolute Gasteiger partial charge is 0.124 e. The van der Waals surface area contributed by atoms with Crippen molar-refractivity contribution in [2.24, 2.45) is 5.41 Å². The van der Waals surface area contributed by atoms with Crippen LogP contribution in [-0.4, -0.2) is 38.2 Å². The number of nitrogens with zero attached hydrogens (tertiary/aromatic N) is 1. The SMILES string of the molecule is COc1cccc(Cl)c1CN1CCC2(CCNC2)C1.Cl. The fraction of sp³-hybridized carbons (Fsp3) is 0.600. The highest BCUT2D eigenvalue weighted by atomic mass is 35.5. The Kier molecular flexibility index (Phi) is 5.19. The van der Waals surface area contributed by atoms with E-state index in [1.807, 2.05) is 18.2 Å². The molecule has 0 radical (unpaired) electrons. The number of rotatable bonds is 3. The Morgan fingerprint density at radius 2 is 2.25 bits per heavy atom. The predicted molar refractivity (Wildman–Crippen MR) is 85.1 cm³/mol. The van der Waals surface area contributed by atoms with Crippen molar-refractivity contribution >= 4 is 24.0 Å². The third-order valence-corrected chi connectivity index (χ3v) is 4.88. The first-order chi connectivity index (χ1) is 9.22. The average molecular weight is 317 g/mol. The number of likely N-dealkylation sites (tertiary alicyclic amines) is 1. The van der Waals surface area contributed by atoms with Crippen LogP contribution in [0.3, 0.4) is 0 Å². The van der Waals surface area contributed by atoms with Crippen LogP contribution in [0.4, 0.5) is 0 Å². The van der Waals surface area contributed by atoms with Crippen LogP contribution in [0.5, 0.6) is 5.75 Å². The molecule has 1 N–H and O–H groups in total. The second-order valence-electron chi connectivity index (χ2n) is 5.81. The van der Waals surface area contributed by atoms with E-state index >= 15 is 0 Å². The summed E-state index contributed by atoms with van der Waals surface area (Å²) in [6.07, 6.45) is 2.61. The highest BCUT2D eigenvalue weighted by Crippen LogP contribution is 2.38. The fourth-order valence-electron chi connectivity index (χ4n) is 3.41. The van der Waals surface area contributed by atoms with Gasteiger partial charge in [0.25, 0.3) is 0 Å². The van der Waals surface area contributed by atoms with Gasteiger partial charge in [0.1, 0.15) is 5.75 Å². The molecule has 1 unspecified atom stereocenters. The van der Waals surface area contributed by atoms with E-state index in [4.69, 9.17) is 16.3 Å². The van der Waals surface area contributed by atoms with Crippen LogP contribution >= 0.6 is 24.0 Å². The summed E-state index contributed by atoms with van der Waals surface area (Å²) in [5.74, 6) is 0.901. The minimum Gasteiger partial charge on any atom is -0.496 e. The fourth-order valence-corrected chi connectivity index (χ4v) is 3.64. The van der Waals surface area contributed by atoms with Gasteiger partial charge in [-0.3, -0.25) is 4.90 Å². The molecule has 0 aliphatic carbocycles. The largest absolute Gasteiger partial charge is 0.496 e. The molecule has 5 heteroatoms. The summed E-state index contributed by atoms with van der Waals surface area (Å²) in [5, 5.41) is 4.31. The Balaban J connectivity index is 0.00000147. The standard InChI is InChI=1S/C15H21ClN2O.ClH/c1-19-14-4-2-3-13(16)12(14)9-18-8-6-15(11-18)5-7-17-10-15;/h2-4,17H,5-11H2,1H3;1H. The Bertz CT molecular complexity index is 461. The van der Waals surface area contributed by atoms with Gasteiger partial charge in [0.05, 0.1) is 7.11 Å². The lowest BCUT2D eigenvalue weighted by molar-refractivity contribution is 0.265. The van der Waals surface area contributed by atoms with Gasteiger partial charge in [-0.2, -0.15) is 0 Å². The van der Waals surface area contributed by atoms with Crippen LogP contribution in [0.1, 0.15) is 18.4 Å².